The van der Waals surface area contributed by atoms with Gasteiger partial charge in [0, 0.05) is 38.2 Å². The molecule has 0 unspecified atom stereocenters. The maximum atomic E-state index is 13.2. The summed E-state index contributed by atoms with van der Waals surface area (Å²) < 4.78 is 24.5. The molecule has 0 bridgehead atoms. The fourth-order valence-corrected chi connectivity index (χ4v) is 3.13. The molecule has 0 aromatic heterocycles. The molecule has 2 aromatic carbocycles. The van der Waals surface area contributed by atoms with Gasteiger partial charge >= 0.3 is 0 Å². The molecule has 1 saturated heterocycles. The van der Waals surface area contributed by atoms with E-state index in [1.54, 1.807) is 6.07 Å². The van der Waals surface area contributed by atoms with Gasteiger partial charge in [-0.15, -0.1) is 0 Å². The number of morpholine rings is 1. The smallest absolute Gasteiger partial charge is 0.220 e. The van der Waals surface area contributed by atoms with Gasteiger partial charge in [0.15, 0.2) is 0 Å². The first kappa shape index (κ1) is 20.3. The Morgan fingerprint density at radius 2 is 1.96 bits per heavy atom. The van der Waals surface area contributed by atoms with Crippen molar-refractivity contribution < 1.29 is 18.7 Å². The standard InChI is InChI=1S/C22H27FN2O3/c23-20-6-3-4-18(16-20)8-9-22(26)24-17-19-5-1-2-7-21(19)28-15-12-25-10-13-27-14-11-25/h1-7,16H,8-15,17H2,(H,24,26). The molecule has 0 atom stereocenters. The molecule has 1 heterocycles. The summed E-state index contributed by atoms with van der Waals surface area (Å²) in [5, 5.41) is 2.92. The van der Waals surface area contributed by atoms with Gasteiger partial charge in [-0.3, -0.25) is 9.69 Å². The van der Waals surface area contributed by atoms with Crippen LogP contribution in [0.15, 0.2) is 48.5 Å². The van der Waals surface area contributed by atoms with Gasteiger partial charge < -0.3 is 14.8 Å². The molecule has 1 fully saturated rings. The number of amides is 1. The Hall–Kier alpha value is -2.44. The van der Waals surface area contributed by atoms with Gasteiger partial charge in [-0.2, -0.15) is 0 Å². The summed E-state index contributed by atoms with van der Waals surface area (Å²) in [7, 11) is 0. The monoisotopic (exact) mass is 386 g/mol. The minimum absolute atomic E-state index is 0.0626. The number of halogens is 1. The Morgan fingerprint density at radius 3 is 2.79 bits per heavy atom. The number of benzene rings is 2. The van der Waals surface area contributed by atoms with E-state index in [-0.39, 0.29) is 11.7 Å². The molecule has 0 saturated carbocycles. The molecule has 0 spiro atoms. The zero-order valence-corrected chi connectivity index (χ0v) is 16.0. The third-order valence-electron chi connectivity index (χ3n) is 4.75. The lowest BCUT2D eigenvalue weighted by atomic mass is 10.1. The van der Waals surface area contributed by atoms with Crippen molar-refractivity contribution in [3.8, 4) is 5.75 Å². The van der Waals surface area contributed by atoms with Gasteiger partial charge in [0.1, 0.15) is 18.2 Å². The zero-order valence-electron chi connectivity index (χ0n) is 16.0. The first-order chi connectivity index (χ1) is 13.7. The fourth-order valence-electron chi connectivity index (χ4n) is 3.13. The summed E-state index contributed by atoms with van der Waals surface area (Å²) in [6.07, 6.45) is 0.838. The first-order valence-corrected chi connectivity index (χ1v) is 9.72. The highest BCUT2D eigenvalue weighted by atomic mass is 19.1. The number of ether oxygens (including phenoxy) is 2. The van der Waals surface area contributed by atoms with E-state index in [0.29, 0.717) is 26.0 Å². The van der Waals surface area contributed by atoms with Crippen molar-refractivity contribution in [3.63, 3.8) is 0 Å². The van der Waals surface area contributed by atoms with Crippen LogP contribution in [0.3, 0.4) is 0 Å². The molecule has 28 heavy (non-hydrogen) atoms. The lowest BCUT2D eigenvalue weighted by Crippen LogP contribution is -2.38. The number of nitrogens with one attached hydrogen (secondary N) is 1. The molecule has 0 aliphatic carbocycles. The maximum Gasteiger partial charge on any atom is 0.220 e. The van der Waals surface area contributed by atoms with Crippen molar-refractivity contribution in [2.45, 2.75) is 19.4 Å². The lowest BCUT2D eigenvalue weighted by molar-refractivity contribution is -0.121. The third kappa shape index (κ3) is 6.62. The molecule has 1 aliphatic rings. The average molecular weight is 386 g/mol. The fraction of sp³-hybridized carbons (Fsp3) is 0.409. The van der Waals surface area contributed by atoms with E-state index in [9.17, 15) is 9.18 Å². The number of hydrogen-bond donors (Lipinski definition) is 1. The van der Waals surface area contributed by atoms with Crippen molar-refractivity contribution in [2.75, 3.05) is 39.5 Å². The van der Waals surface area contributed by atoms with Crippen LogP contribution in [0.2, 0.25) is 0 Å². The minimum Gasteiger partial charge on any atom is -0.492 e. The van der Waals surface area contributed by atoms with E-state index in [1.807, 2.05) is 30.3 Å². The van der Waals surface area contributed by atoms with Crippen LogP contribution >= 0.6 is 0 Å². The third-order valence-corrected chi connectivity index (χ3v) is 4.75. The summed E-state index contributed by atoms with van der Waals surface area (Å²) in [6.45, 7) is 5.30. The Morgan fingerprint density at radius 1 is 1.14 bits per heavy atom. The number of carbonyl (C=O) groups excluding carboxylic acids is 1. The minimum atomic E-state index is -0.277. The van der Waals surface area contributed by atoms with Crippen LogP contribution in [0, 0.1) is 5.82 Å². The Balaban J connectivity index is 1.42. The number of carbonyl (C=O) groups is 1. The number of aryl methyl sites for hydroxylation is 1. The second kappa shape index (κ2) is 10.8. The van der Waals surface area contributed by atoms with Gasteiger partial charge in [-0.1, -0.05) is 30.3 Å². The number of para-hydroxylation sites is 1. The van der Waals surface area contributed by atoms with Crippen molar-refractivity contribution >= 4 is 5.91 Å². The van der Waals surface area contributed by atoms with Crippen molar-refractivity contribution in [2.24, 2.45) is 0 Å². The molecule has 0 radical (unpaired) electrons. The molecular formula is C22H27FN2O3. The quantitative estimate of drug-likeness (QED) is 0.720. The number of rotatable bonds is 9. The molecule has 5 nitrogen and oxygen atoms in total. The van der Waals surface area contributed by atoms with Crippen molar-refractivity contribution in [1.82, 2.24) is 10.2 Å². The van der Waals surface area contributed by atoms with E-state index in [4.69, 9.17) is 9.47 Å². The zero-order chi connectivity index (χ0) is 19.6. The van der Waals surface area contributed by atoms with Crippen LogP contribution in [-0.4, -0.2) is 50.3 Å². The van der Waals surface area contributed by atoms with Crippen LogP contribution in [0.5, 0.6) is 5.75 Å². The van der Waals surface area contributed by atoms with Crippen LogP contribution < -0.4 is 10.1 Å². The van der Waals surface area contributed by atoms with Gasteiger partial charge in [0.2, 0.25) is 5.91 Å². The molecule has 1 aliphatic heterocycles. The Bertz CT molecular complexity index is 763. The molecule has 1 amide bonds. The van der Waals surface area contributed by atoms with Gasteiger partial charge in [-0.05, 0) is 30.2 Å². The van der Waals surface area contributed by atoms with Crippen LogP contribution in [0.25, 0.3) is 0 Å². The topological polar surface area (TPSA) is 50.8 Å². The SMILES string of the molecule is O=C(CCc1cccc(F)c1)NCc1ccccc1OCCN1CCOCC1. The van der Waals surface area contributed by atoms with E-state index >= 15 is 0 Å². The van der Waals surface area contributed by atoms with E-state index in [0.717, 1.165) is 49.7 Å². The lowest BCUT2D eigenvalue weighted by Gasteiger charge is -2.26. The normalized spacial score (nSPS) is 14.6. The molecule has 3 rings (SSSR count). The molecule has 1 N–H and O–H groups in total. The van der Waals surface area contributed by atoms with E-state index in [2.05, 4.69) is 10.2 Å². The second-order valence-corrected chi connectivity index (χ2v) is 6.82. The molecule has 6 heteroatoms. The molecule has 2 aromatic rings. The Labute approximate surface area is 165 Å². The predicted octanol–water partition coefficient (Wildman–Crippen LogP) is 2.79. The van der Waals surface area contributed by atoms with Gasteiger partial charge in [-0.25, -0.2) is 4.39 Å². The maximum absolute atomic E-state index is 13.2. The van der Waals surface area contributed by atoms with E-state index in [1.165, 1.54) is 12.1 Å². The average Bonchev–Trinajstić information content (AvgIpc) is 2.72. The Kier molecular flexibility index (Phi) is 7.82. The molecule has 150 valence electrons. The number of nitrogens with zero attached hydrogens (tertiary/aromatic N) is 1. The highest BCUT2D eigenvalue weighted by molar-refractivity contribution is 5.76. The van der Waals surface area contributed by atoms with Crippen LogP contribution in [0.4, 0.5) is 4.39 Å². The summed E-state index contributed by atoms with van der Waals surface area (Å²) in [6, 6.07) is 14.1. The predicted molar refractivity (Wildman–Crippen MR) is 106 cm³/mol. The summed E-state index contributed by atoms with van der Waals surface area (Å²) in [4.78, 5) is 14.5. The van der Waals surface area contributed by atoms with Crippen LogP contribution in [0.1, 0.15) is 17.5 Å². The highest BCUT2D eigenvalue weighted by Gasteiger charge is 2.11. The first-order valence-electron chi connectivity index (χ1n) is 9.72. The summed E-state index contributed by atoms with van der Waals surface area (Å²) in [5.74, 6) is 0.453. The summed E-state index contributed by atoms with van der Waals surface area (Å²) >= 11 is 0. The van der Waals surface area contributed by atoms with E-state index < -0.39 is 0 Å². The largest absolute Gasteiger partial charge is 0.492 e. The number of hydrogen-bond acceptors (Lipinski definition) is 4. The van der Waals surface area contributed by atoms with Gasteiger partial charge in [0.05, 0.1) is 13.2 Å². The molecular weight excluding hydrogens is 359 g/mol. The highest BCUT2D eigenvalue weighted by Crippen LogP contribution is 2.18. The second-order valence-electron chi connectivity index (χ2n) is 6.82. The summed E-state index contributed by atoms with van der Waals surface area (Å²) in [5.41, 5.74) is 1.77. The van der Waals surface area contributed by atoms with Crippen molar-refractivity contribution in [3.05, 3.63) is 65.5 Å². The van der Waals surface area contributed by atoms with Gasteiger partial charge in [0.25, 0.3) is 0 Å². The van der Waals surface area contributed by atoms with Crippen LogP contribution in [-0.2, 0) is 22.5 Å². The van der Waals surface area contributed by atoms with Crippen molar-refractivity contribution in [1.29, 1.82) is 0 Å².